The first kappa shape index (κ1) is 22.1. The summed E-state index contributed by atoms with van der Waals surface area (Å²) in [4.78, 5) is 39.7. The van der Waals surface area contributed by atoms with Gasteiger partial charge in [-0.25, -0.2) is 0 Å². The number of nitrogens with zero attached hydrogens (tertiary/aromatic N) is 2. The van der Waals surface area contributed by atoms with Gasteiger partial charge in [-0.1, -0.05) is 13.8 Å². The lowest BCUT2D eigenvalue weighted by molar-refractivity contribution is -0.130. The van der Waals surface area contributed by atoms with Crippen LogP contribution in [0.3, 0.4) is 0 Å². The first-order chi connectivity index (χ1) is 15.0. The number of carbonyl (C=O) groups excluding carboxylic acids is 3. The van der Waals surface area contributed by atoms with E-state index in [9.17, 15) is 14.4 Å². The topological polar surface area (TPSA) is 97.4 Å². The molecule has 170 valence electrons. The third kappa shape index (κ3) is 3.70. The minimum atomic E-state index is -0.554. The number of ketones is 1. The Kier molecular flexibility index (Phi) is 5.39. The third-order valence-corrected chi connectivity index (χ3v) is 6.75. The molecule has 1 aliphatic carbocycles. The SMILES string of the molecule is Cc1c2c(n3c1CCCN(C)C(=O)[C@H](C)Nc1cc-3ccc1C(N)=O)CC(C)(C)CC2=O. The molecule has 0 fully saturated rings. The Hall–Kier alpha value is -3.09. The number of Topliss-reactive ketones (excluding diaryl/α,β-unsaturated/α-hetero) is 1. The van der Waals surface area contributed by atoms with Crippen LogP contribution in [0.5, 0.6) is 0 Å². The highest BCUT2D eigenvalue weighted by molar-refractivity contribution is 6.01. The van der Waals surface area contributed by atoms with Crippen LogP contribution in [-0.4, -0.2) is 46.7 Å². The van der Waals surface area contributed by atoms with Crippen LogP contribution in [0.25, 0.3) is 5.69 Å². The zero-order valence-electron chi connectivity index (χ0n) is 19.5. The molecule has 2 aromatic rings. The molecule has 1 aromatic heterocycles. The zero-order valence-corrected chi connectivity index (χ0v) is 19.5. The summed E-state index contributed by atoms with van der Waals surface area (Å²) in [6.07, 6.45) is 2.87. The molecular weight excluding hydrogens is 404 g/mol. The van der Waals surface area contributed by atoms with Gasteiger partial charge in [0.1, 0.15) is 6.04 Å². The van der Waals surface area contributed by atoms with E-state index in [1.54, 1.807) is 24.9 Å². The van der Waals surface area contributed by atoms with Gasteiger partial charge in [0.2, 0.25) is 5.91 Å². The van der Waals surface area contributed by atoms with Gasteiger partial charge >= 0.3 is 0 Å². The van der Waals surface area contributed by atoms with Crippen molar-refractivity contribution < 1.29 is 14.4 Å². The maximum absolute atomic E-state index is 13.1. The Morgan fingerprint density at radius 1 is 1.19 bits per heavy atom. The van der Waals surface area contributed by atoms with Crippen LogP contribution in [0.1, 0.15) is 71.3 Å². The first-order valence-corrected chi connectivity index (χ1v) is 11.2. The van der Waals surface area contributed by atoms with Crippen molar-refractivity contribution in [1.29, 1.82) is 0 Å². The normalized spacial score (nSPS) is 20.5. The van der Waals surface area contributed by atoms with Crippen molar-refractivity contribution in [2.45, 2.75) is 59.4 Å². The quantitative estimate of drug-likeness (QED) is 0.717. The van der Waals surface area contributed by atoms with Crippen molar-refractivity contribution in [3.63, 3.8) is 0 Å². The molecule has 2 heterocycles. The summed E-state index contributed by atoms with van der Waals surface area (Å²) in [5.74, 6) is -0.415. The van der Waals surface area contributed by atoms with Gasteiger partial charge in [0.05, 0.1) is 5.56 Å². The summed E-state index contributed by atoms with van der Waals surface area (Å²) in [5.41, 5.74) is 11.2. The summed E-state index contributed by atoms with van der Waals surface area (Å²) in [6.45, 7) is 8.68. The van der Waals surface area contributed by atoms with Crippen LogP contribution in [0.2, 0.25) is 0 Å². The first-order valence-electron chi connectivity index (χ1n) is 11.2. The van der Waals surface area contributed by atoms with E-state index >= 15 is 0 Å². The molecule has 7 nitrogen and oxygen atoms in total. The van der Waals surface area contributed by atoms with E-state index in [-0.39, 0.29) is 17.1 Å². The molecule has 2 bridgehead atoms. The molecule has 0 saturated carbocycles. The predicted octanol–water partition coefficient (Wildman–Crippen LogP) is 3.24. The van der Waals surface area contributed by atoms with Crippen LogP contribution in [0.15, 0.2) is 18.2 Å². The van der Waals surface area contributed by atoms with Gasteiger partial charge in [0, 0.05) is 48.3 Å². The summed E-state index contributed by atoms with van der Waals surface area (Å²) in [5, 5.41) is 3.20. The van der Waals surface area contributed by atoms with Crippen molar-refractivity contribution in [3.8, 4) is 5.69 Å². The largest absolute Gasteiger partial charge is 0.373 e. The second kappa shape index (κ2) is 7.80. The van der Waals surface area contributed by atoms with Crippen LogP contribution in [-0.2, 0) is 17.6 Å². The maximum Gasteiger partial charge on any atom is 0.250 e. The van der Waals surface area contributed by atoms with Crippen molar-refractivity contribution in [1.82, 2.24) is 9.47 Å². The van der Waals surface area contributed by atoms with Gasteiger partial charge in [0.25, 0.3) is 5.91 Å². The number of anilines is 1. The number of aromatic nitrogens is 1. The lowest BCUT2D eigenvalue weighted by Gasteiger charge is -2.30. The molecule has 0 spiro atoms. The van der Waals surface area contributed by atoms with Crippen LogP contribution < -0.4 is 11.1 Å². The van der Waals surface area contributed by atoms with Crippen molar-refractivity contribution in [3.05, 3.63) is 46.3 Å². The third-order valence-electron chi connectivity index (χ3n) is 6.75. The smallest absolute Gasteiger partial charge is 0.250 e. The predicted molar refractivity (Wildman–Crippen MR) is 124 cm³/mol. The van der Waals surface area contributed by atoms with Crippen molar-refractivity contribution in [2.75, 3.05) is 18.9 Å². The minimum Gasteiger partial charge on any atom is -0.373 e. The molecule has 2 amide bonds. The Morgan fingerprint density at radius 2 is 1.91 bits per heavy atom. The second-order valence-electron chi connectivity index (χ2n) is 9.99. The summed E-state index contributed by atoms with van der Waals surface area (Å²) >= 11 is 0. The van der Waals surface area contributed by atoms with Crippen LogP contribution in [0, 0.1) is 12.3 Å². The molecule has 4 rings (SSSR count). The van der Waals surface area contributed by atoms with Gasteiger partial charge in [-0.05, 0) is 62.3 Å². The number of carbonyl (C=O) groups is 3. The lowest BCUT2D eigenvalue weighted by atomic mass is 9.75. The fourth-order valence-electron chi connectivity index (χ4n) is 5.22. The Labute approximate surface area is 189 Å². The summed E-state index contributed by atoms with van der Waals surface area (Å²) < 4.78 is 2.20. The molecule has 1 atom stereocenters. The number of hydrogen-bond donors (Lipinski definition) is 2. The molecule has 3 N–H and O–H groups in total. The van der Waals surface area contributed by atoms with E-state index < -0.39 is 11.9 Å². The highest BCUT2D eigenvalue weighted by Crippen LogP contribution is 2.40. The highest BCUT2D eigenvalue weighted by Gasteiger charge is 2.37. The Morgan fingerprint density at radius 3 is 2.59 bits per heavy atom. The zero-order chi connectivity index (χ0) is 23.4. The average molecular weight is 437 g/mol. The highest BCUT2D eigenvalue weighted by atomic mass is 16.2. The van der Waals surface area contributed by atoms with Gasteiger partial charge in [-0.15, -0.1) is 0 Å². The number of amides is 2. The fraction of sp³-hybridized carbons (Fsp3) is 0.480. The summed E-state index contributed by atoms with van der Waals surface area (Å²) in [7, 11) is 1.79. The summed E-state index contributed by atoms with van der Waals surface area (Å²) in [6, 6.07) is 4.95. The Bertz CT molecular complexity index is 1130. The number of hydrogen-bond acceptors (Lipinski definition) is 4. The van der Waals surface area contributed by atoms with E-state index in [4.69, 9.17) is 5.73 Å². The van der Waals surface area contributed by atoms with Gasteiger partial charge in [-0.3, -0.25) is 14.4 Å². The molecule has 32 heavy (non-hydrogen) atoms. The molecule has 0 unspecified atom stereocenters. The molecule has 0 radical (unpaired) electrons. The van der Waals surface area contributed by atoms with E-state index in [1.807, 2.05) is 19.1 Å². The maximum atomic E-state index is 13.1. The monoisotopic (exact) mass is 436 g/mol. The van der Waals surface area contributed by atoms with Crippen molar-refractivity contribution in [2.24, 2.45) is 11.1 Å². The number of primary amides is 1. The number of benzene rings is 1. The van der Waals surface area contributed by atoms with E-state index in [0.29, 0.717) is 24.2 Å². The van der Waals surface area contributed by atoms with Gasteiger partial charge < -0.3 is 20.5 Å². The number of likely N-dealkylation sites (N-methyl/N-ethyl adjacent to an activating group) is 1. The molecular formula is C25H32N4O3. The van der Waals surface area contributed by atoms with E-state index in [2.05, 4.69) is 23.7 Å². The molecule has 1 aromatic carbocycles. The number of rotatable bonds is 1. The second-order valence-corrected chi connectivity index (χ2v) is 9.99. The molecule has 2 aliphatic rings. The van der Waals surface area contributed by atoms with Gasteiger partial charge in [0.15, 0.2) is 5.78 Å². The molecule has 1 aliphatic heterocycles. The molecule has 0 saturated heterocycles. The number of nitrogens with one attached hydrogen (secondary N) is 1. The number of fused-ring (bicyclic) bond motifs is 6. The standard InChI is InChI=1S/C25H32N4O3/c1-14-19-7-6-10-28(5)24(32)15(2)27-18-11-16(8-9-17(18)23(26)31)29(19)20-12-25(3,4)13-21(30)22(14)20/h8-9,11,15,27H,6-7,10,12-13H2,1-5H3,(H2,26,31)/t15-/m0/s1. The fourth-order valence-corrected chi connectivity index (χ4v) is 5.22. The van der Waals surface area contributed by atoms with Gasteiger partial charge in [-0.2, -0.15) is 0 Å². The lowest BCUT2D eigenvalue weighted by Crippen LogP contribution is -2.40. The minimum absolute atomic E-state index is 0.0466. The van der Waals surface area contributed by atoms with Crippen molar-refractivity contribution >= 4 is 23.3 Å². The number of nitrogens with two attached hydrogens (primary N) is 1. The van der Waals surface area contributed by atoms with E-state index in [0.717, 1.165) is 47.5 Å². The Balaban J connectivity index is 1.98. The van der Waals surface area contributed by atoms with E-state index in [1.165, 1.54) is 0 Å². The average Bonchev–Trinajstić information content (AvgIpc) is 2.96. The van der Waals surface area contributed by atoms with Crippen LogP contribution >= 0.6 is 0 Å². The molecule has 7 heteroatoms. The van der Waals surface area contributed by atoms with Crippen LogP contribution in [0.4, 0.5) is 5.69 Å².